The predicted molar refractivity (Wildman–Crippen MR) is 66.9 cm³/mol. The molecule has 0 amide bonds. The Hall–Kier alpha value is -1.36. The third-order valence-electron chi connectivity index (χ3n) is 2.38. The lowest BCUT2D eigenvalue weighted by Crippen LogP contribution is -1.87. The number of nitriles is 1. The molecule has 0 N–H and O–H groups in total. The summed E-state index contributed by atoms with van der Waals surface area (Å²) < 4.78 is 0. The van der Waals surface area contributed by atoms with Crippen LogP contribution in [0.5, 0.6) is 0 Å². The van der Waals surface area contributed by atoms with Crippen molar-refractivity contribution >= 4 is 5.78 Å². The van der Waals surface area contributed by atoms with Gasteiger partial charge in [0.2, 0.25) is 0 Å². The van der Waals surface area contributed by atoms with Gasteiger partial charge in [-0.05, 0) is 40.0 Å². The van der Waals surface area contributed by atoms with Crippen molar-refractivity contribution in [1.82, 2.24) is 0 Å². The van der Waals surface area contributed by atoms with Crippen molar-refractivity contribution in [3.8, 4) is 6.07 Å². The van der Waals surface area contributed by atoms with Gasteiger partial charge in [0.05, 0.1) is 12.5 Å². The smallest absolute Gasteiger partial charge is 0.130 e. The molecule has 2 heteroatoms. The van der Waals surface area contributed by atoms with Crippen LogP contribution < -0.4 is 0 Å². The third kappa shape index (κ3) is 9.21. The summed E-state index contributed by atoms with van der Waals surface area (Å²) in [4.78, 5) is 10.7. The van der Waals surface area contributed by atoms with E-state index in [0.717, 1.165) is 24.8 Å². The number of hydrogen-bond acceptors (Lipinski definition) is 2. The molecule has 0 aromatic carbocycles. The third-order valence-corrected chi connectivity index (χ3v) is 2.38. The maximum atomic E-state index is 10.7. The largest absolute Gasteiger partial charge is 0.300 e. The lowest BCUT2D eigenvalue weighted by Gasteiger charge is -1.99. The zero-order valence-corrected chi connectivity index (χ0v) is 10.5. The summed E-state index contributed by atoms with van der Waals surface area (Å²) in [6.45, 7) is 5.70. The van der Waals surface area contributed by atoms with Crippen LogP contribution >= 0.6 is 0 Å². The number of rotatable bonds is 7. The Kier molecular flexibility index (Phi) is 8.15. The second kappa shape index (κ2) is 8.91. The Labute approximate surface area is 98.7 Å². The summed E-state index contributed by atoms with van der Waals surface area (Å²) >= 11 is 0. The average Bonchev–Trinajstić information content (AvgIpc) is 2.17. The molecule has 0 spiro atoms. The van der Waals surface area contributed by atoms with Gasteiger partial charge in [-0.1, -0.05) is 23.3 Å². The van der Waals surface area contributed by atoms with E-state index in [1.807, 2.05) is 6.92 Å². The van der Waals surface area contributed by atoms with Crippen molar-refractivity contribution < 1.29 is 4.79 Å². The topological polar surface area (TPSA) is 40.9 Å². The van der Waals surface area contributed by atoms with E-state index in [1.165, 1.54) is 5.57 Å². The average molecular weight is 219 g/mol. The number of hydrogen-bond donors (Lipinski definition) is 0. The highest BCUT2D eigenvalue weighted by Gasteiger charge is 1.93. The van der Waals surface area contributed by atoms with Crippen LogP contribution in [0.4, 0.5) is 0 Å². The molecule has 0 aliphatic rings. The van der Waals surface area contributed by atoms with Gasteiger partial charge < -0.3 is 4.79 Å². The molecule has 0 aromatic heterocycles. The Bertz CT molecular complexity index is 318. The molecule has 0 saturated heterocycles. The minimum Gasteiger partial charge on any atom is -0.300 e. The maximum Gasteiger partial charge on any atom is 0.130 e. The molecule has 16 heavy (non-hydrogen) atoms. The van der Waals surface area contributed by atoms with Crippen LogP contribution in [0.2, 0.25) is 0 Å². The molecule has 0 aromatic rings. The van der Waals surface area contributed by atoms with Crippen LogP contribution in [0.3, 0.4) is 0 Å². The zero-order chi connectivity index (χ0) is 12.4. The Morgan fingerprint density at radius 2 is 1.62 bits per heavy atom. The van der Waals surface area contributed by atoms with Gasteiger partial charge in [0, 0.05) is 6.42 Å². The van der Waals surface area contributed by atoms with E-state index in [1.54, 1.807) is 6.92 Å². The second-order valence-corrected chi connectivity index (χ2v) is 4.22. The molecule has 2 nitrogen and oxygen atoms in total. The van der Waals surface area contributed by atoms with E-state index in [4.69, 9.17) is 5.26 Å². The fraction of sp³-hybridized carbons (Fsp3) is 0.571. The lowest BCUT2D eigenvalue weighted by molar-refractivity contribution is -0.116. The van der Waals surface area contributed by atoms with E-state index in [9.17, 15) is 4.79 Å². The van der Waals surface area contributed by atoms with Gasteiger partial charge in [-0.15, -0.1) is 0 Å². The van der Waals surface area contributed by atoms with Gasteiger partial charge >= 0.3 is 0 Å². The number of carbonyl (C=O) groups is 1. The van der Waals surface area contributed by atoms with E-state index in [2.05, 4.69) is 25.1 Å². The first-order chi connectivity index (χ1) is 7.56. The van der Waals surface area contributed by atoms with Gasteiger partial charge in [-0.2, -0.15) is 5.26 Å². The highest BCUT2D eigenvalue weighted by atomic mass is 16.1. The fourth-order valence-electron chi connectivity index (χ4n) is 1.37. The van der Waals surface area contributed by atoms with E-state index < -0.39 is 0 Å². The quantitative estimate of drug-likeness (QED) is 0.608. The van der Waals surface area contributed by atoms with Crippen molar-refractivity contribution in [2.75, 3.05) is 0 Å². The first-order valence-corrected chi connectivity index (χ1v) is 5.74. The number of carbonyl (C=O) groups excluding carboxylic acids is 1. The SMILES string of the molecule is CC(=O)CC/C=C(\C)CC/C=C(\C)CC#N. The first kappa shape index (κ1) is 14.6. The summed E-state index contributed by atoms with van der Waals surface area (Å²) in [5.41, 5.74) is 2.46. The molecule has 0 atom stereocenters. The molecule has 0 radical (unpaired) electrons. The molecular formula is C14H21NO. The summed E-state index contributed by atoms with van der Waals surface area (Å²) in [7, 11) is 0. The van der Waals surface area contributed by atoms with Crippen molar-refractivity contribution in [3.63, 3.8) is 0 Å². The molecular weight excluding hydrogens is 198 g/mol. The Balaban J connectivity index is 3.80. The van der Waals surface area contributed by atoms with Gasteiger partial charge in [-0.3, -0.25) is 0 Å². The molecule has 0 aliphatic heterocycles. The van der Waals surface area contributed by atoms with Crippen LogP contribution in [-0.4, -0.2) is 5.78 Å². The van der Waals surface area contributed by atoms with Gasteiger partial charge in [0.15, 0.2) is 0 Å². The Morgan fingerprint density at radius 3 is 2.19 bits per heavy atom. The molecule has 0 rings (SSSR count). The van der Waals surface area contributed by atoms with Crippen molar-refractivity contribution in [1.29, 1.82) is 5.26 Å². The molecule has 0 saturated carbocycles. The summed E-state index contributed by atoms with van der Waals surface area (Å²) in [5, 5.41) is 8.48. The number of ketones is 1. The normalized spacial score (nSPS) is 12.4. The van der Waals surface area contributed by atoms with Crippen LogP contribution in [-0.2, 0) is 4.79 Å². The van der Waals surface area contributed by atoms with Crippen molar-refractivity contribution in [2.45, 2.75) is 52.9 Å². The number of Topliss-reactive ketones (excluding diaryl/α,β-unsaturated/α-hetero) is 1. The fourth-order valence-corrected chi connectivity index (χ4v) is 1.37. The maximum absolute atomic E-state index is 10.7. The van der Waals surface area contributed by atoms with Crippen LogP contribution in [0, 0.1) is 11.3 Å². The molecule has 0 bridgehead atoms. The number of nitrogens with zero attached hydrogens (tertiary/aromatic N) is 1. The van der Waals surface area contributed by atoms with Gasteiger partial charge in [-0.25, -0.2) is 0 Å². The molecule has 88 valence electrons. The summed E-state index contributed by atoms with van der Waals surface area (Å²) in [6.07, 6.45) is 8.26. The summed E-state index contributed by atoms with van der Waals surface area (Å²) in [6, 6.07) is 2.13. The van der Waals surface area contributed by atoms with Gasteiger partial charge in [0.1, 0.15) is 5.78 Å². The monoisotopic (exact) mass is 219 g/mol. The van der Waals surface area contributed by atoms with E-state index in [-0.39, 0.29) is 5.78 Å². The van der Waals surface area contributed by atoms with E-state index >= 15 is 0 Å². The predicted octanol–water partition coefficient (Wildman–Crippen LogP) is 3.94. The molecule has 0 aliphatic carbocycles. The first-order valence-electron chi connectivity index (χ1n) is 5.74. The number of allylic oxidation sites excluding steroid dienone is 4. The molecule has 0 unspecified atom stereocenters. The van der Waals surface area contributed by atoms with Gasteiger partial charge in [0.25, 0.3) is 0 Å². The highest BCUT2D eigenvalue weighted by Crippen LogP contribution is 2.09. The Morgan fingerprint density at radius 1 is 1.06 bits per heavy atom. The highest BCUT2D eigenvalue weighted by molar-refractivity contribution is 5.75. The molecule has 0 fully saturated rings. The van der Waals surface area contributed by atoms with E-state index in [0.29, 0.717) is 12.8 Å². The van der Waals surface area contributed by atoms with Crippen molar-refractivity contribution in [2.24, 2.45) is 0 Å². The standard InChI is InChI=1S/C14H21NO/c1-12(8-5-9-14(3)16)6-4-7-13(2)10-11-15/h7-8H,4-6,9-10H2,1-3H3/b12-8+,13-7+. The lowest BCUT2D eigenvalue weighted by atomic mass is 10.1. The van der Waals surface area contributed by atoms with Crippen LogP contribution in [0.1, 0.15) is 52.9 Å². The van der Waals surface area contributed by atoms with Crippen molar-refractivity contribution in [3.05, 3.63) is 23.3 Å². The molecule has 0 heterocycles. The second-order valence-electron chi connectivity index (χ2n) is 4.22. The minimum atomic E-state index is 0.244. The minimum absolute atomic E-state index is 0.244. The van der Waals surface area contributed by atoms with Crippen LogP contribution in [0.15, 0.2) is 23.3 Å². The summed E-state index contributed by atoms with van der Waals surface area (Å²) in [5.74, 6) is 0.244. The zero-order valence-electron chi connectivity index (χ0n) is 10.5. The van der Waals surface area contributed by atoms with Crippen LogP contribution in [0.25, 0.3) is 0 Å².